The number of aliphatic hydroxyl groups is 1. The average molecular weight is 633 g/mol. The Kier molecular flexibility index (Phi) is 6.63. The van der Waals surface area contributed by atoms with Gasteiger partial charge in [0.25, 0.3) is 0 Å². The third kappa shape index (κ3) is 3.90. The number of carbonyl (C=O) groups excluding carboxylic acids is 4. The van der Waals surface area contributed by atoms with Crippen LogP contribution in [-0.4, -0.2) is 28.7 Å². The Labute approximate surface area is 269 Å². The molecule has 0 spiro atoms. The van der Waals surface area contributed by atoms with Crippen molar-refractivity contribution in [1.29, 1.82) is 0 Å². The molecule has 4 amide bonds. The van der Waals surface area contributed by atoms with Crippen LogP contribution >= 0.6 is 11.6 Å². The third-order valence-corrected chi connectivity index (χ3v) is 10.5. The van der Waals surface area contributed by atoms with Gasteiger partial charge in [-0.2, -0.15) is 0 Å². The van der Waals surface area contributed by atoms with Gasteiger partial charge in [0, 0.05) is 5.02 Å². The molecule has 0 bridgehead atoms. The molecular weight excluding hydrogens is 604 g/mol. The van der Waals surface area contributed by atoms with Crippen LogP contribution in [0.5, 0.6) is 0 Å². The molecule has 9 heteroatoms. The van der Waals surface area contributed by atoms with E-state index < -0.39 is 46.8 Å². The number of carbonyl (C=O) groups is 4. The maximum absolute atomic E-state index is 15.1. The fraction of sp³-hybridized carbons (Fsp3) is 0.243. The third-order valence-electron chi connectivity index (χ3n) is 10.3. The number of aliphatic hydroxyl groups excluding tert-OH is 1. The first kappa shape index (κ1) is 28.7. The Morgan fingerprint density at radius 1 is 0.783 bits per heavy atom. The van der Waals surface area contributed by atoms with E-state index in [0.29, 0.717) is 39.9 Å². The summed E-state index contributed by atoms with van der Waals surface area (Å²) >= 11 is 6.35. The molecule has 0 radical (unpaired) electrons. The average Bonchev–Trinajstić information content (AvgIpc) is 3.72. The predicted octanol–water partition coefficient (Wildman–Crippen LogP) is 5.79. The smallest absolute Gasteiger partial charge is 0.246 e. The highest BCUT2D eigenvalue weighted by Crippen LogP contribution is 2.64. The second-order valence-electron chi connectivity index (χ2n) is 12.4. The second kappa shape index (κ2) is 10.6. The highest BCUT2D eigenvalue weighted by molar-refractivity contribution is 6.32. The number of hydrogen-bond donors (Lipinski definition) is 1. The number of hydrogen-bond acceptors (Lipinski definition) is 6. The Morgan fingerprint density at radius 3 is 2.20 bits per heavy atom. The Morgan fingerprint density at radius 2 is 1.50 bits per heavy atom. The van der Waals surface area contributed by atoms with Crippen molar-refractivity contribution in [2.24, 2.45) is 23.7 Å². The summed E-state index contributed by atoms with van der Waals surface area (Å²) in [6.07, 6.45) is 2.48. The first-order valence-corrected chi connectivity index (χ1v) is 15.8. The van der Waals surface area contributed by atoms with Gasteiger partial charge in [-0.1, -0.05) is 77.8 Å². The summed E-state index contributed by atoms with van der Waals surface area (Å²) in [5.74, 6) is -4.12. The molecule has 4 aromatic rings. The van der Waals surface area contributed by atoms with Gasteiger partial charge in [0.05, 0.1) is 35.0 Å². The molecule has 2 aliphatic heterocycles. The molecular formula is C37H29ClN2O6. The van der Waals surface area contributed by atoms with Gasteiger partial charge in [0.15, 0.2) is 0 Å². The van der Waals surface area contributed by atoms with E-state index in [1.54, 1.807) is 60.7 Å². The number of nitrogens with zero attached hydrogens (tertiary/aromatic N) is 2. The van der Waals surface area contributed by atoms with Gasteiger partial charge in [-0.25, -0.2) is 4.90 Å². The van der Waals surface area contributed by atoms with Gasteiger partial charge in [0.1, 0.15) is 23.5 Å². The van der Waals surface area contributed by atoms with Crippen LogP contribution < -0.4 is 9.80 Å². The minimum absolute atomic E-state index is 0.190. The van der Waals surface area contributed by atoms with E-state index in [1.807, 2.05) is 42.5 Å². The van der Waals surface area contributed by atoms with Crippen molar-refractivity contribution in [2.45, 2.75) is 30.8 Å². The van der Waals surface area contributed by atoms with Crippen LogP contribution in [0, 0.1) is 23.7 Å². The number of fused-ring (bicyclic) bond motifs is 4. The van der Waals surface area contributed by atoms with E-state index in [4.69, 9.17) is 16.0 Å². The van der Waals surface area contributed by atoms with Crippen molar-refractivity contribution in [1.82, 2.24) is 0 Å². The number of anilines is 2. The number of benzene rings is 3. The fourth-order valence-corrected chi connectivity index (χ4v) is 8.70. The van der Waals surface area contributed by atoms with E-state index in [9.17, 15) is 19.5 Å². The number of imide groups is 2. The summed E-state index contributed by atoms with van der Waals surface area (Å²) < 4.78 is 6.21. The molecule has 2 aliphatic carbocycles. The number of amides is 4. The van der Waals surface area contributed by atoms with Crippen LogP contribution in [0.3, 0.4) is 0 Å². The molecule has 3 aromatic carbocycles. The van der Waals surface area contributed by atoms with Gasteiger partial charge in [-0.3, -0.25) is 24.1 Å². The van der Waals surface area contributed by atoms with Crippen LogP contribution in [-0.2, 0) is 31.2 Å². The lowest BCUT2D eigenvalue weighted by atomic mass is 9.50. The minimum Gasteiger partial charge on any atom is -0.463 e. The molecule has 230 valence electrons. The molecule has 8 nitrogen and oxygen atoms in total. The van der Waals surface area contributed by atoms with E-state index in [0.717, 1.165) is 5.57 Å². The maximum atomic E-state index is 15.1. The first-order chi connectivity index (χ1) is 22.4. The van der Waals surface area contributed by atoms with Crippen molar-refractivity contribution in [3.8, 4) is 0 Å². The molecule has 3 heterocycles. The number of rotatable bonds is 5. The molecule has 2 saturated heterocycles. The van der Waals surface area contributed by atoms with E-state index in [1.165, 1.54) is 9.80 Å². The highest BCUT2D eigenvalue weighted by atomic mass is 35.5. The van der Waals surface area contributed by atoms with E-state index >= 15 is 4.79 Å². The van der Waals surface area contributed by atoms with Crippen LogP contribution in [0.25, 0.3) is 0 Å². The van der Waals surface area contributed by atoms with E-state index in [-0.39, 0.29) is 24.8 Å². The number of halogens is 1. The van der Waals surface area contributed by atoms with Crippen molar-refractivity contribution in [3.63, 3.8) is 0 Å². The highest BCUT2D eigenvalue weighted by Gasteiger charge is 2.71. The monoisotopic (exact) mass is 632 g/mol. The normalized spacial score (nSPS) is 28.7. The topological polar surface area (TPSA) is 108 Å². The molecule has 3 fully saturated rings. The van der Waals surface area contributed by atoms with Crippen molar-refractivity contribution in [2.75, 3.05) is 9.80 Å². The predicted molar refractivity (Wildman–Crippen MR) is 170 cm³/mol. The zero-order valence-electron chi connectivity index (χ0n) is 24.6. The van der Waals surface area contributed by atoms with Crippen molar-refractivity contribution in [3.05, 3.63) is 131 Å². The Hall–Kier alpha value is -4.79. The Bertz CT molecular complexity index is 1940. The first-order valence-electron chi connectivity index (χ1n) is 15.4. The molecule has 1 saturated carbocycles. The molecule has 6 unspecified atom stereocenters. The van der Waals surface area contributed by atoms with Gasteiger partial charge in [0.2, 0.25) is 23.6 Å². The lowest BCUT2D eigenvalue weighted by Crippen LogP contribution is -2.53. The van der Waals surface area contributed by atoms with Gasteiger partial charge in [-0.05, 0) is 66.8 Å². The lowest BCUT2D eigenvalue weighted by molar-refractivity contribution is -0.127. The Balaban J connectivity index is 1.35. The molecule has 8 rings (SSSR count). The summed E-state index contributed by atoms with van der Waals surface area (Å²) in [4.78, 5) is 60.4. The molecule has 6 atom stereocenters. The van der Waals surface area contributed by atoms with Crippen LogP contribution in [0.15, 0.2) is 113 Å². The van der Waals surface area contributed by atoms with Gasteiger partial charge >= 0.3 is 0 Å². The summed E-state index contributed by atoms with van der Waals surface area (Å²) in [5.41, 5.74) is 0.892. The van der Waals surface area contributed by atoms with Crippen molar-refractivity contribution >= 4 is 46.6 Å². The zero-order valence-corrected chi connectivity index (χ0v) is 25.3. The molecule has 1 aromatic heterocycles. The minimum atomic E-state index is -1.43. The quantitative estimate of drug-likeness (QED) is 0.220. The number of para-hydroxylation sites is 1. The molecule has 4 aliphatic rings. The largest absolute Gasteiger partial charge is 0.463 e. The summed E-state index contributed by atoms with van der Waals surface area (Å²) in [5, 5.41) is 10.3. The zero-order chi connectivity index (χ0) is 31.7. The maximum Gasteiger partial charge on any atom is 0.246 e. The van der Waals surface area contributed by atoms with Gasteiger partial charge in [-0.15, -0.1) is 0 Å². The summed E-state index contributed by atoms with van der Waals surface area (Å²) in [6, 6.07) is 28.2. The fourth-order valence-electron chi connectivity index (χ4n) is 8.52. The van der Waals surface area contributed by atoms with Crippen LogP contribution in [0.2, 0.25) is 5.02 Å². The number of furan rings is 1. The standard InChI is InChI=1S/C37H29ClN2O6/c38-22-10-7-13-24(18-22)40-34(43)29-19-28-26(15-16-27-31(28)35(44)39(33(27)42)23-11-5-2-6-12-23)32(30-17-14-25(20-41)46-30)37(29,36(40)45)21-8-3-1-4-9-21/h1-15,17-18,27-29,31-32,41H,16,19-20H2. The SMILES string of the molecule is O=C1C2CC=C3C(CC4C(=O)N(c5cccc(Cl)c5)C(=O)C4(c4ccccc4)C3c3ccc(CO)o3)C2C(=O)N1c1ccccc1. The molecule has 1 N–H and O–H groups in total. The van der Waals surface area contributed by atoms with E-state index in [2.05, 4.69) is 0 Å². The molecule has 46 heavy (non-hydrogen) atoms. The lowest BCUT2D eigenvalue weighted by Gasteiger charge is -2.49. The van der Waals surface area contributed by atoms with Crippen molar-refractivity contribution < 1.29 is 28.7 Å². The number of allylic oxidation sites excluding steroid dienone is 2. The summed E-state index contributed by atoms with van der Waals surface area (Å²) in [6.45, 7) is -0.345. The second-order valence-corrected chi connectivity index (χ2v) is 12.8. The van der Waals surface area contributed by atoms with Crippen LogP contribution in [0.1, 0.15) is 35.8 Å². The summed E-state index contributed by atoms with van der Waals surface area (Å²) in [7, 11) is 0. The van der Waals surface area contributed by atoms with Crippen LogP contribution in [0.4, 0.5) is 11.4 Å². The van der Waals surface area contributed by atoms with Gasteiger partial charge < -0.3 is 9.52 Å².